The molecule has 0 radical (unpaired) electrons. The first-order chi connectivity index (χ1) is 12.2. The van der Waals surface area contributed by atoms with E-state index in [0.29, 0.717) is 0 Å². The van der Waals surface area contributed by atoms with E-state index in [2.05, 4.69) is 57.3 Å². The van der Waals surface area contributed by atoms with E-state index in [9.17, 15) is 4.79 Å². The van der Waals surface area contributed by atoms with Crippen LogP contribution in [0.5, 0.6) is 5.75 Å². The number of benzene rings is 2. The topological polar surface area (TPSA) is 38.3 Å². The van der Waals surface area contributed by atoms with Crippen molar-refractivity contribution in [3.05, 3.63) is 63.7 Å². The van der Waals surface area contributed by atoms with Crippen LogP contribution in [0.25, 0.3) is 0 Å². The maximum atomic E-state index is 12.7. The average molecular weight is 354 g/mol. The summed E-state index contributed by atoms with van der Waals surface area (Å²) in [6.07, 6.45) is 0.292. The van der Waals surface area contributed by atoms with Gasteiger partial charge in [-0.1, -0.05) is 36.8 Å². The Labute approximate surface area is 157 Å². The number of carbonyl (C=O) groups excluding carboxylic acids is 1. The molecule has 0 bridgehead atoms. The molecule has 0 saturated carbocycles. The monoisotopic (exact) mass is 353 g/mol. The average Bonchev–Trinajstić information content (AvgIpc) is 2.57. The van der Waals surface area contributed by atoms with Gasteiger partial charge in [-0.3, -0.25) is 4.79 Å². The molecule has 0 aliphatic rings. The number of nitrogens with one attached hydrogen (secondary N) is 1. The van der Waals surface area contributed by atoms with E-state index in [-0.39, 0.29) is 11.9 Å². The predicted molar refractivity (Wildman–Crippen MR) is 108 cm³/mol. The van der Waals surface area contributed by atoms with Gasteiger partial charge < -0.3 is 10.1 Å². The molecule has 0 aliphatic carbocycles. The van der Waals surface area contributed by atoms with Gasteiger partial charge in [0.15, 0.2) is 6.10 Å². The molecular weight excluding hydrogens is 322 g/mol. The molecule has 3 heteroatoms. The van der Waals surface area contributed by atoms with Crippen molar-refractivity contribution < 1.29 is 9.53 Å². The Balaban J connectivity index is 2.12. The molecule has 2 rings (SSSR count). The molecule has 2 aromatic carbocycles. The lowest BCUT2D eigenvalue weighted by Crippen LogP contribution is -2.38. The molecule has 2 aromatic rings. The molecule has 0 fully saturated rings. The van der Waals surface area contributed by atoms with Crippen molar-refractivity contribution in [1.82, 2.24) is 5.32 Å². The number of rotatable bonds is 6. The molecule has 1 amide bonds. The molecule has 0 aliphatic heterocycles. The fraction of sp³-hybridized carbons (Fsp3) is 0.435. The lowest BCUT2D eigenvalue weighted by atomic mass is 9.97. The Morgan fingerprint density at radius 2 is 1.65 bits per heavy atom. The number of aryl methyl sites for hydroxylation is 4. The van der Waals surface area contributed by atoms with Crippen LogP contribution in [0.4, 0.5) is 0 Å². The highest BCUT2D eigenvalue weighted by Crippen LogP contribution is 2.25. The van der Waals surface area contributed by atoms with Gasteiger partial charge in [0.2, 0.25) is 0 Å². The van der Waals surface area contributed by atoms with Gasteiger partial charge in [0, 0.05) is 0 Å². The summed E-state index contributed by atoms with van der Waals surface area (Å²) in [5.41, 5.74) is 7.00. The van der Waals surface area contributed by atoms with Gasteiger partial charge in [-0.25, -0.2) is 0 Å². The maximum Gasteiger partial charge on any atom is 0.261 e. The first-order valence-corrected chi connectivity index (χ1v) is 9.35. The van der Waals surface area contributed by atoms with Crippen molar-refractivity contribution in [2.75, 3.05) is 0 Å². The van der Waals surface area contributed by atoms with Crippen molar-refractivity contribution in [3.63, 3.8) is 0 Å². The minimum Gasteiger partial charge on any atom is -0.481 e. The molecule has 1 N–H and O–H groups in total. The van der Waals surface area contributed by atoms with Crippen LogP contribution in [0, 0.1) is 34.6 Å². The molecule has 0 saturated heterocycles. The molecule has 0 unspecified atom stereocenters. The first-order valence-electron chi connectivity index (χ1n) is 9.35. The zero-order chi connectivity index (χ0) is 19.4. The normalized spacial score (nSPS) is 13.2. The van der Waals surface area contributed by atoms with Crippen LogP contribution in [0.2, 0.25) is 0 Å². The smallest absolute Gasteiger partial charge is 0.261 e. The third kappa shape index (κ3) is 4.66. The van der Waals surface area contributed by atoms with Gasteiger partial charge in [-0.05, 0) is 81.8 Å². The Kier molecular flexibility index (Phi) is 6.47. The third-order valence-electron chi connectivity index (χ3n) is 4.96. The number of hydrogen-bond acceptors (Lipinski definition) is 2. The lowest BCUT2D eigenvalue weighted by Gasteiger charge is -2.23. The summed E-state index contributed by atoms with van der Waals surface area (Å²) in [5, 5.41) is 3.15. The SMILES string of the molecule is CC[C@@H](NC(=O)[C@H](C)Oc1cc(C)cc(C)c1C)c1ccc(C)cc1C. The fourth-order valence-electron chi connectivity index (χ4n) is 3.27. The summed E-state index contributed by atoms with van der Waals surface area (Å²) in [6.45, 7) is 14.2. The minimum absolute atomic E-state index is 0.00510. The highest BCUT2D eigenvalue weighted by atomic mass is 16.5. The van der Waals surface area contributed by atoms with Gasteiger partial charge in [0.25, 0.3) is 5.91 Å². The van der Waals surface area contributed by atoms with Gasteiger partial charge >= 0.3 is 0 Å². The summed E-state index contributed by atoms with van der Waals surface area (Å²) in [5.74, 6) is 0.695. The van der Waals surface area contributed by atoms with Gasteiger partial charge in [-0.15, -0.1) is 0 Å². The van der Waals surface area contributed by atoms with Crippen LogP contribution < -0.4 is 10.1 Å². The largest absolute Gasteiger partial charge is 0.481 e. The minimum atomic E-state index is -0.547. The van der Waals surface area contributed by atoms with Gasteiger partial charge in [-0.2, -0.15) is 0 Å². The first kappa shape index (κ1) is 20.0. The quantitative estimate of drug-likeness (QED) is 0.769. The molecule has 0 heterocycles. The van der Waals surface area contributed by atoms with Crippen LogP contribution >= 0.6 is 0 Å². The van der Waals surface area contributed by atoms with Crippen LogP contribution in [0.15, 0.2) is 30.3 Å². The fourth-order valence-corrected chi connectivity index (χ4v) is 3.27. The van der Waals surface area contributed by atoms with Crippen molar-refractivity contribution in [1.29, 1.82) is 0 Å². The summed E-state index contributed by atoms with van der Waals surface area (Å²) in [7, 11) is 0. The van der Waals surface area contributed by atoms with Crippen LogP contribution in [-0.2, 0) is 4.79 Å². The second-order valence-electron chi connectivity index (χ2n) is 7.29. The van der Waals surface area contributed by atoms with Gasteiger partial charge in [0.05, 0.1) is 6.04 Å². The number of amides is 1. The van der Waals surface area contributed by atoms with Crippen LogP contribution in [-0.4, -0.2) is 12.0 Å². The second-order valence-corrected chi connectivity index (χ2v) is 7.29. The van der Waals surface area contributed by atoms with Crippen LogP contribution in [0.1, 0.15) is 59.7 Å². The summed E-state index contributed by atoms with van der Waals surface area (Å²) < 4.78 is 5.99. The van der Waals surface area contributed by atoms with Crippen molar-refractivity contribution in [3.8, 4) is 5.75 Å². The highest BCUT2D eigenvalue weighted by molar-refractivity contribution is 5.81. The predicted octanol–water partition coefficient (Wildman–Crippen LogP) is 5.26. The van der Waals surface area contributed by atoms with Crippen molar-refractivity contribution in [2.24, 2.45) is 0 Å². The molecule has 2 atom stereocenters. The van der Waals surface area contributed by atoms with E-state index in [0.717, 1.165) is 23.3 Å². The van der Waals surface area contributed by atoms with Crippen molar-refractivity contribution in [2.45, 2.75) is 67.0 Å². The van der Waals surface area contributed by atoms with E-state index in [1.165, 1.54) is 22.3 Å². The zero-order valence-electron chi connectivity index (χ0n) is 17.1. The van der Waals surface area contributed by atoms with E-state index < -0.39 is 6.10 Å². The highest BCUT2D eigenvalue weighted by Gasteiger charge is 2.21. The zero-order valence-corrected chi connectivity index (χ0v) is 17.1. The maximum absolute atomic E-state index is 12.7. The summed E-state index contributed by atoms with van der Waals surface area (Å²) in [4.78, 5) is 12.7. The molecule has 26 heavy (non-hydrogen) atoms. The van der Waals surface area contributed by atoms with Gasteiger partial charge in [0.1, 0.15) is 5.75 Å². The molecule has 0 spiro atoms. The van der Waals surface area contributed by atoms with E-state index >= 15 is 0 Å². The Hall–Kier alpha value is -2.29. The Morgan fingerprint density at radius 3 is 2.27 bits per heavy atom. The summed E-state index contributed by atoms with van der Waals surface area (Å²) in [6, 6.07) is 10.5. The number of hydrogen-bond donors (Lipinski definition) is 1. The number of ether oxygens (including phenoxy) is 1. The van der Waals surface area contributed by atoms with Crippen LogP contribution in [0.3, 0.4) is 0 Å². The molecular formula is C23H31NO2. The molecule has 140 valence electrons. The Morgan fingerprint density at radius 1 is 1.00 bits per heavy atom. The lowest BCUT2D eigenvalue weighted by molar-refractivity contribution is -0.128. The van der Waals surface area contributed by atoms with E-state index in [4.69, 9.17) is 4.74 Å². The van der Waals surface area contributed by atoms with E-state index in [1.54, 1.807) is 6.92 Å². The van der Waals surface area contributed by atoms with E-state index in [1.807, 2.05) is 19.9 Å². The second kappa shape index (κ2) is 8.39. The third-order valence-corrected chi connectivity index (χ3v) is 4.96. The van der Waals surface area contributed by atoms with Crippen molar-refractivity contribution >= 4 is 5.91 Å². The Bertz CT molecular complexity index is 795. The standard InChI is InChI=1S/C23H31NO2/c1-8-21(20-10-9-14(2)11-17(20)5)24-23(25)19(7)26-22-13-15(3)12-16(4)18(22)6/h9-13,19,21H,8H2,1-7H3,(H,24,25)/t19-,21+/m0/s1. The summed E-state index contributed by atoms with van der Waals surface area (Å²) >= 11 is 0. The molecule has 3 nitrogen and oxygen atoms in total. The molecule has 0 aromatic heterocycles. The number of carbonyl (C=O) groups is 1.